The van der Waals surface area contributed by atoms with Crippen LogP contribution in [0.25, 0.3) is 0 Å². The normalized spacial score (nSPS) is 14.8. The fourth-order valence-electron chi connectivity index (χ4n) is 2.83. The van der Waals surface area contributed by atoms with Crippen LogP contribution in [0.4, 0.5) is 0 Å². The van der Waals surface area contributed by atoms with Crippen LogP contribution in [-0.4, -0.2) is 30.4 Å². The summed E-state index contributed by atoms with van der Waals surface area (Å²) in [6, 6.07) is 10.3. The largest absolute Gasteiger partial charge is 0.341 e. The lowest BCUT2D eigenvalue weighted by atomic mass is 10.1. The summed E-state index contributed by atoms with van der Waals surface area (Å²) in [5.74, 6) is 0.571. The number of nitrogens with zero attached hydrogens (tertiary/aromatic N) is 1. The molecule has 4 heteroatoms. The fourth-order valence-corrected chi connectivity index (χ4v) is 2.83. The van der Waals surface area contributed by atoms with Gasteiger partial charge in [-0.25, -0.2) is 0 Å². The number of benzene rings is 1. The van der Waals surface area contributed by atoms with Crippen molar-refractivity contribution >= 4 is 18.3 Å². The summed E-state index contributed by atoms with van der Waals surface area (Å²) in [7, 11) is 0. The highest BCUT2D eigenvalue weighted by Crippen LogP contribution is 2.26. The molecule has 0 spiro atoms. The molecule has 0 heterocycles. The van der Waals surface area contributed by atoms with Crippen LogP contribution in [0.3, 0.4) is 0 Å². The molecule has 1 aliphatic carbocycles. The monoisotopic (exact) mass is 296 g/mol. The van der Waals surface area contributed by atoms with Crippen LogP contribution in [-0.2, 0) is 11.2 Å². The van der Waals surface area contributed by atoms with Gasteiger partial charge in [0.25, 0.3) is 0 Å². The highest BCUT2D eigenvalue weighted by molar-refractivity contribution is 5.85. The second kappa shape index (κ2) is 8.98. The van der Waals surface area contributed by atoms with Gasteiger partial charge in [-0.1, -0.05) is 43.2 Å². The standard InChI is InChI=1S/C16H24N2O.ClH/c17-11-13-18(16(19)15-8-4-5-9-15)12-10-14-6-2-1-3-7-14;/h1-3,6-7,15H,4-5,8-13,17H2;1H. The maximum absolute atomic E-state index is 12.4. The fraction of sp³-hybridized carbons (Fsp3) is 0.562. The second-order valence-corrected chi connectivity index (χ2v) is 5.33. The van der Waals surface area contributed by atoms with Gasteiger partial charge in [0.05, 0.1) is 0 Å². The van der Waals surface area contributed by atoms with Gasteiger partial charge in [-0.15, -0.1) is 12.4 Å². The number of nitrogens with two attached hydrogens (primary N) is 1. The zero-order chi connectivity index (χ0) is 13.5. The molecular weight excluding hydrogens is 272 g/mol. The van der Waals surface area contributed by atoms with Gasteiger partial charge in [0.15, 0.2) is 0 Å². The molecule has 1 aliphatic rings. The predicted octanol–water partition coefficient (Wildman–Crippen LogP) is 2.63. The van der Waals surface area contributed by atoms with Gasteiger partial charge in [0.2, 0.25) is 5.91 Å². The van der Waals surface area contributed by atoms with Gasteiger partial charge in [-0.2, -0.15) is 0 Å². The molecular formula is C16H25ClN2O. The van der Waals surface area contributed by atoms with E-state index < -0.39 is 0 Å². The molecule has 0 atom stereocenters. The van der Waals surface area contributed by atoms with Crippen LogP contribution in [0, 0.1) is 5.92 Å². The molecule has 20 heavy (non-hydrogen) atoms. The van der Waals surface area contributed by atoms with E-state index in [0.29, 0.717) is 19.0 Å². The number of amides is 1. The van der Waals surface area contributed by atoms with Crippen molar-refractivity contribution in [2.45, 2.75) is 32.1 Å². The molecule has 0 aromatic heterocycles. The van der Waals surface area contributed by atoms with Crippen molar-refractivity contribution in [3.8, 4) is 0 Å². The van der Waals surface area contributed by atoms with E-state index in [2.05, 4.69) is 12.1 Å². The lowest BCUT2D eigenvalue weighted by molar-refractivity contribution is -0.135. The first-order valence-electron chi connectivity index (χ1n) is 7.34. The SMILES string of the molecule is Cl.NCCN(CCc1ccccc1)C(=O)C1CCCC1. The third-order valence-electron chi connectivity index (χ3n) is 3.93. The topological polar surface area (TPSA) is 46.3 Å². The summed E-state index contributed by atoms with van der Waals surface area (Å²) in [6.07, 6.45) is 5.44. The quantitative estimate of drug-likeness (QED) is 0.877. The van der Waals surface area contributed by atoms with E-state index in [-0.39, 0.29) is 18.3 Å². The van der Waals surface area contributed by atoms with Crippen molar-refractivity contribution in [2.75, 3.05) is 19.6 Å². The highest BCUT2D eigenvalue weighted by Gasteiger charge is 2.26. The first-order valence-corrected chi connectivity index (χ1v) is 7.34. The van der Waals surface area contributed by atoms with Crippen LogP contribution in [0.15, 0.2) is 30.3 Å². The van der Waals surface area contributed by atoms with Gasteiger partial charge in [-0.05, 0) is 24.8 Å². The molecule has 0 unspecified atom stereocenters. The molecule has 0 bridgehead atoms. The molecule has 1 fully saturated rings. The first-order chi connectivity index (χ1) is 9.31. The van der Waals surface area contributed by atoms with Crippen molar-refractivity contribution in [3.63, 3.8) is 0 Å². The minimum atomic E-state index is 0. The van der Waals surface area contributed by atoms with Crippen LogP contribution in [0.5, 0.6) is 0 Å². The van der Waals surface area contributed by atoms with Crippen molar-refractivity contribution in [1.82, 2.24) is 4.90 Å². The minimum absolute atomic E-state index is 0. The zero-order valence-corrected chi connectivity index (χ0v) is 12.8. The molecule has 0 aliphatic heterocycles. The van der Waals surface area contributed by atoms with Crippen LogP contribution < -0.4 is 5.73 Å². The molecule has 1 amide bonds. The lowest BCUT2D eigenvalue weighted by Gasteiger charge is -2.25. The van der Waals surface area contributed by atoms with Crippen LogP contribution >= 0.6 is 12.4 Å². The molecule has 2 rings (SSSR count). The third kappa shape index (κ3) is 4.80. The third-order valence-corrected chi connectivity index (χ3v) is 3.93. The number of carbonyl (C=O) groups excluding carboxylic acids is 1. The molecule has 1 saturated carbocycles. The Labute approximate surface area is 127 Å². The van der Waals surface area contributed by atoms with Gasteiger partial charge in [0.1, 0.15) is 0 Å². The predicted molar refractivity (Wildman–Crippen MR) is 85.0 cm³/mol. The molecule has 1 aromatic rings. The van der Waals surface area contributed by atoms with Crippen molar-refractivity contribution < 1.29 is 4.79 Å². The average molecular weight is 297 g/mol. The molecule has 0 radical (unpaired) electrons. The highest BCUT2D eigenvalue weighted by atomic mass is 35.5. The Bertz CT molecular complexity index is 391. The van der Waals surface area contributed by atoms with Crippen LogP contribution in [0.2, 0.25) is 0 Å². The van der Waals surface area contributed by atoms with E-state index >= 15 is 0 Å². The van der Waals surface area contributed by atoms with Gasteiger partial charge in [0, 0.05) is 25.6 Å². The van der Waals surface area contributed by atoms with E-state index in [4.69, 9.17) is 5.73 Å². The van der Waals surface area contributed by atoms with Crippen molar-refractivity contribution in [2.24, 2.45) is 11.7 Å². The van der Waals surface area contributed by atoms with E-state index in [1.54, 1.807) is 0 Å². The lowest BCUT2D eigenvalue weighted by Crippen LogP contribution is -2.40. The minimum Gasteiger partial charge on any atom is -0.341 e. The maximum atomic E-state index is 12.4. The Hall–Kier alpha value is -1.06. The summed E-state index contributed by atoms with van der Waals surface area (Å²) in [5.41, 5.74) is 6.92. The molecule has 112 valence electrons. The zero-order valence-electron chi connectivity index (χ0n) is 12.0. The number of carbonyl (C=O) groups is 1. The number of rotatable bonds is 6. The summed E-state index contributed by atoms with van der Waals surface area (Å²) < 4.78 is 0. The van der Waals surface area contributed by atoms with Gasteiger partial charge in [-0.3, -0.25) is 4.79 Å². The average Bonchev–Trinajstić information content (AvgIpc) is 2.98. The Morgan fingerprint density at radius 2 is 1.80 bits per heavy atom. The van der Waals surface area contributed by atoms with E-state index in [0.717, 1.165) is 25.8 Å². The Balaban J connectivity index is 0.00000200. The summed E-state index contributed by atoms with van der Waals surface area (Å²) >= 11 is 0. The maximum Gasteiger partial charge on any atom is 0.225 e. The smallest absolute Gasteiger partial charge is 0.225 e. The second-order valence-electron chi connectivity index (χ2n) is 5.33. The number of hydrogen-bond donors (Lipinski definition) is 1. The summed E-state index contributed by atoms with van der Waals surface area (Å²) in [5, 5.41) is 0. The summed E-state index contributed by atoms with van der Waals surface area (Å²) in [6.45, 7) is 2.02. The number of hydrogen-bond acceptors (Lipinski definition) is 2. The first kappa shape index (κ1) is 17.0. The molecule has 3 nitrogen and oxygen atoms in total. The Morgan fingerprint density at radius 1 is 1.15 bits per heavy atom. The molecule has 1 aromatic carbocycles. The van der Waals surface area contributed by atoms with E-state index in [9.17, 15) is 4.79 Å². The van der Waals surface area contributed by atoms with E-state index in [1.165, 1.54) is 18.4 Å². The van der Waals surface area contributed by atoms with Gasteiger partial charge >= 0.3 is 0 Å². The van der Waals surface area contributed by atoms with Crippen molar-refractivity contribution in [1.29, 1.82) is 0 Å². The van der Waals surface area contributed by atoms with Crippen LogP contribution in [0.1, 0.15) is 31.2 Å². The summed E-state index contributed by atoms with van der Waals surface area (Å²) in [4.78, 5) is 14.4. The van der Waals surface area contributed by atoms with E-state index in [1.807, 2.05) is 23.1 Å². The number of halogens is 1. The Morgan fingerprint density at radius 3 is 2.40 bits per heavy atom. The van der Waals surface area contributed by atoms with Gasteiger partial charge < -0.3 is 10.6 Å². The Kier molecular flexibility index (Phi) is 7.63. The molecule has 2 N–H and O–H groups in total. The molecule has 0 saturated heterocycles. The van der Waals surface area contributed by atoms with Crippen molar-refractivity contribution in [3.05, 3.63) is 35.9 Å².